The van der Waals surface area contributed by atoms with Crippen LogP contribution in [0.5, 0.6) is 11.5 Å². The molecule has 0 spiro atoms. The number of anilines is 2. The summed E-state index contributed by atoms with van der Waals surface area (Å²) in [7, 11) is 3.03. The number of carbonyl (C=O) groups is 7. The molecule has 0 radical (unpaired) electrons. The van der Waals surface area contributed by atoms with Crippen LogP contribution in [0.15, 0.2) is 60.7 Å². The van der Waals surface area contributed by atoms with Gasteiger partial charge in [0.15, 0.2) is 0 Å². The van der Waals surface area contributed by atoms with Gasteiger partial charge in [0.05, 0.1) is 36.1 Å². The highest BCUT2D eigenvalue weighted by Gasteiger charge is 2.25. The lowest BCUT2D eigenvalue weighted by atomic mass is 10.1. The first-order chi connectivity index (χ1) is 31.1. The second kappa shape index (κ2) is 19.3. The van der Waals surface area contributed by atoms with E-state index in [0.717, 1.165) is 40.1 Å². The Hall–Kier alpha value is -7.79. The van der Waals surface area contributed by atoms with Gasteiger partial charge in [-0.25, -0.2) is 9.97 Å². The van der Waals surface area contributed by atoms with E-state index in [9.17, 15) is 33.6 Å². The zero-order valence-corrected chi connectivity index (χ0v) is 37.1. The number of hydrogen-bond acceptors (Lipinski definition) is 15. The van der Waals surface area contributed by atoms with Crippen LogP contribution in [0, 0.1) is 13.8 Å². The number of primary amides is 2. The lowest BCUT2D eigenvalue weighted by Crippen LogP contribution is -2.36. The number of amides is 7. The van der Waals surface area contributed by atoms with Crippen LogP contribution in [0.25, 0.3) is 22.1 Å². The molecule has 0 aliphatic carbocycles. The fourth-order valence-electron chi connectivity index (χ4n) is 6.84. The number of nitrogens with one attached hydrogen (secondary N) is 2. The van der Waals surface area contributed by atoms with E-state index >= 15 is 0 Å². The van der Waals surface area contributed by atoms with Gasteiger partial charge < -0.3 is 35.0 Å². The van der Waals surface area contributed by atoms with Gasteiger partial charge in [-0.3, -0.25) is 49.1 Å². The first kappa shape index (κ1) is 45.2. The molecule has 0 unspecified atom stereocenters. The Labute approximate surface area is 378 Å². The molecule has 0 bridgehead atoms. The van der Waals surface area contributed by atoms with Crippen molar-refractivity contribution in [1.29, 1.82) is 0 Å². The minimum Gasteiger partial charge on any atom is -0.494 e. The topological polar surface area (TPSA) is 282 Å². The van der Waals surface area contributed by atoms with Gasteiger partial charge in [0, 0.05) is 62.9 Å². The molecular formula is C42H42N12O9S2. The Morgan fingerprint density at radius 3 is 1.71 bits per heavy atom. The second-order valence-electron chi connectivity index (χ2n) is 14.7. The molecule has 0 saturated carbocycles. The first-order valence-corrected chi connectivity index (χ1v) is 21.4. The van der Waals surface area contributed by atoms with Gasteiger partial charge in [-0.15, -0.1) is 0 Å². The molecule has 5 heterocycles. The maximum atomic E-state index is 13.5. The number of fused-ring (bicyclic) bond motifs is 2. The summed E-state index contributed by atoms with van der Waals surface area (Å²) in [4.78, 5) is 101. The van der Waals surface area contributed by atoms with Crippen LogP contribution < -0.4 is 31.6 Å². The zero-order chi connectivity index (χ0) is 46.5. The van der Waals surface area contributed by atoms with Gasteiger partial charge >= 0.3 is 0 Å². The third-order valence-electron chi connectivity index (χ3n) is 10.1. The molecule has 21 nitrogen and oxygen atoms in total. The Morgan fingerprint density at radius 1 is 0.754 bits per heavy atom. The average molecular weight is 923 g/mol. The van der Waals surface area contributed by atoms with Crippen molar-refractivity contribution in [2.45, 2.75) is 39.8 Å². The fourth-order valence-corrected chi connectivity index (χ4v) is 8.15. The number of aryl methyl sites for hydroxylation is 2. The summed E-state index contributed by atoms with van der Waals surface area (Å²) in [6.07, 6.45) is 6.19. The third-order valence-corrected chi connectivity index (χ3v) is 11.8. The second-order valence-corrected chi connectivity index (χ2v) is 16.3. The predicted octanol–water partition coefficient (Wildman–Crippen LogP) is 3.43. The molecule has 0 saturated heterocycles. The number of nitrogens with zero attached hydrogens (tertiary/aromatic N) is 8. The van der Waals surface area contributed by atoms with Crippen LogP contribution in [0.3, 0.4) is 0 Å². The van der Waals surface area contributed by atoms with E-state index in [1.165, 1.54) is 36.3 Å². The molecule has 7 amide bonds. The van der Waals surface area contributed by atoms with E-state index in [2.05, 4.69) is 29.3 Å². The lowest BCUT2D eigenvalue weighted by molar-refractivity contribution is -0.138. The number of ether oxygens (including phenoxy) is 2. The molecule has 1 aliphatic heterocycles. The number of methoxy groups -OCH3 is 1. The summed E-state index contributed by atoms with van der Waals surface area (Å²) < 4.78 is 23.7. The first-order valence-electron chi connectivity index (χ1n) is 19.9. The minimum absolute atomic E-state index is 0.0436. The Kier molecular flexibility index (Phi) is 13.4. The molecule has 7 rings (SSSR count). The molecule has 6 N–H and O–H groups in total. The maximum Gasteiger partial charge on any atom is 0.269 e. The Balaban J connectivity index is 1.17. The third kappa shape index (κ3) is 10.0. The smallest absolute Gasteiger partial charge is 0.269 e. The maximum absolute atomic E-state index is 13.5. The molecule has 1 aliphatic rings. The number of imidazole rings is 2. The number of carbonyl (C=O) groups excluding carboxylic acids is 7. The van der Waals surface area contributed by atoms with Crippen molar-refractivity contribution >= 4 is 98.4 Å². The standard InChI is InChI=1S/C42H42N12O9S2/c1-22-16-30(64-49-22)39(60)47-41-45-26-18-24(37(43)58)20-28(62-4)35(26)53(41)12-5-6-13-54-36-27(46-42(54)48-40(61)31-17-23(2)50-65-31)19-25(38(44)59)21-29(36)63-15-7-11-51(3)32(55)10-14-52-33(56)8-9-34(52)57/h5-6,8-9,16-21H,7,10-15H2,1-4H3,(H2,43,58)(H2,44,59)(H,45,47,60)(H,46,48,61)/b6-5+. The summed E-state index contributed by atoms with van der Waals surface area (Å²) in [6, 6.07) is 9.23. The van der Waals surface area contributed by atoms with Crippen LogP contribution in [0.1, 0.15) is 64.3 Å². The zero-order valence-electron chi connectivity index (χ0n) is 35.4. The van der Waals surface area contributed by atoms with Crippen LogP contribution in [-0.4, -0.2) is 113 Å². The summed E-state index contributed by atoms with van der Waals surface area (Å²) in [6.45, 7) is 4.04. The fraction of sp³-hybridized carbons (Fsp3) is 0.262. The van der Waals surface area contributed by atoms with Gasteiger partial charge in [0.2, 0.25) is 29.6 Å². The van der Waals surface area contributed by atoms with Gasteiger partial charge in [-0.05, 0) is 79.7 Å². The van der Waals surface area contributed by atoms with Crippen molar-refractivity contribution in [2.24, 2.45) is 11.5 Å². The van der Waals surface area contributed by atoms with Crippen LogP contribution in [0.4, 0.5) is 11.9 Å². The number of hydrogen-bond donors (Lipinski definition) is 4. The average Bonchev–Trinajstić information content (AvgIpc) is 4.11. The monoisotopic (exact) mass is 922 g/mol. The number of imide groups is 1. The molecule has 65 heavy (non-hydrogen) atoms. The quantitative estimate of drug-likeness (QED) is 0.0516. The highest BCUT2D eigenvalue weighted by atomic mass is 32.1. The normalized spacial score (nSPS) is 12.5. The largest absolute Gasteiger partial charge is 0.494 e. The summed E-state index contributed by atoms with van der Waals surface area (Å²) in [5.74, 6) is -2.80. The van der Waals surface area contributed by atoms with E-state index in [0.29, 0.717) is 44.1 Å². The number of nitrogens with two attached hydrogens (primary N) is 2. The Morgan fingerprint density at radius 2 is 1.25 bits per heavy atom. The molecule has 336 valence electrons. The van der Waals surface area contributed by atoms with Crippen molar-refractivity contribution in [3.05, 3.63) is 93.0 Å². The van der Waals surface area contributed by atoms with Gasteiger partial charge in [0.1, 0.15) is 32.3 Å². The lowest BCUT2D eigenvalue weighted by Gasteiger charge is -2.19. The van der Waals surface area contributed by atoms with Gasteiger partial charge in [0.25, 0.3) is 23.6 Å². The van der Waals surface area contributed by atoms with Crippen molar-refractivity contribution < 1.29 is 43.0 Å². The molecule has 2 aromatic carbocycles. The molecule has 23 heteroatoms. The number of allylic oxidation sites excluding steroid dienone is 2. The molecule has 6 aromatic rings. The van der Waals surface area contributed by atoms with Gasteiger partial charge in [-0.2, -0.15) is 8.75 Å². The summed E-state index contributed by atoms with van der Waals surface area (Å²) in [5.41, 5.74) is 14.4. The SMILES string of the molecule is COc1cc(C(N)=O)cc2nc(NC(=O)c3cc(C)ns3)n(C/C=C/Cn3c(NC(=O)c4cc(C)ns4)nc4cc(C(N)=O)cc(OCCCN(C)C(=O)CCN5C(=O)C=CC5=O)c43)c12. The van der Waals surface area contributed by atoms with Crippen molar-refractivity contribution in [1.82, 2.24) is 37.6 Å². The Bertz CT molecular complexity index is 2950. The number of aromatic nitrogens is 6. The van der Waals surface area contributed by atoms with Crippen LogP contribution in [-0.2, 0) is 27.5 Å². The van der Waals surface area contributed by atoms with Crippen LogP contribution in [0.2, 0.25) is 0 Å². The van der Waals surface area contributed by atoms with Crippen molar-refractivity contribution in [2.75, 3.05) is 44.5 Å². The van der Waals surface area contributed by atoms with Crippen molar-refractivity contribution in [3.8, 4) is 11.5 Å². The highest BCUT2D eigenvalue weighted by Crippen LogP contribution is 2.33. The molecule has 4 aromatic heterocycles. The van der Waals surface area contributed by atoms with E-state index < -0.39 is 35.4 Å². The number of rotatable bonds is 19. The van der Waals surface area contributed by atoms with E-state index in [4.69, 9.17) is 20.9 Å². The molecule has 0 atom stereocenters. The highest BCUT2D eigenvalue weighted by molar-refractivity contribution is 7.08. The predicted molar refractivity (Wildman–Crippen MR) is 240 cm³/mol. The van der Waals surface area contributed by atoms with Crippen molar-refractivity contribution in [3.63, 3.8) is 0 Å². The minimum atomic E-state index is -0.744. The van der Waals surface area contributed by atoms with E-state index in [-0.39, 0.29) is 85.2 Å². The van der Waals surface area contributed by atoms with E-state index in [1.807, 2.05) is 0 Å². The molecule has 0 fully saturated rings. The van der Waals surface area contributed by atoms with Crippen LogP contribution >= 0.6 is 23.1 Å². The van der Waals surface area contributed by atoms with Gasteiger partial charge in [-0.1, -0.05) is 12.2 Å². The summed E-state index contributed by atoms with van der Waals surface area (Å²) in [5, 5.41) is 5.70. The summed E-state index contributed by atoms with van der Waals surface area (Å²) >= 11 is 2.05. The number of benzene rings is 2. The molecular weight excluding hydrogens is 881 g/mol. The van der Waals surface area contributed by atoms with E-state index in [1.54, 1.807) is 54.3 Å².